The van der Waals surface area contributed by atoms with E-state index in [2.05, 4.69) is 0 Å². The van der Waals surface area contributed by atoms with E-state index in [0.717, 1.165) is 6.08 Å². The van der Waals surface area contributed by atoms with Gasteiger partial charge in [0.2, 0.25) is 0 Å². The number of halogens is 1. The topological polar surface area (TPSA) is 89.3 Å². The summed E-state index contributed by atoms with van der Waals surface area (Å²) in [4.78, 5) is 10.4. The molecular weight excluding hydrogens is 211 g/mol. The van der Waals surface area contributed by atoms with Crippen LogP contribution in [0.1, 0.15) is 17.2 Å². The zero-order valence-electron chi connectivity index (χ0n) is 8.56. The molecule has 1 atom stereocenters. The van der Waals surface area contributed by atoms with E-state index >= 15 is 0 Å². The lowest BCUT2D eigenvalue weighted by molar-refractivity contribution is -0.131. The number of hydrogen-bond acceptors (Lipinski definition) is 3. The van der Waals surface area contributed by atoms with Crippen LogP contribution in [0.5, 0.6) is 0 Å². The quantitative estimate of drug-likeness (QED) is 0.662. The first-order valence-electron chi connectivity index (χ1n) is 4.70. The normalized spacial score (nSPS) is 12.9. The predicted molar refractivity (Wildman–Crippen MR) is 59.1 cm³/mol. The summed E-state index contributed by atoms with van der Waals surface area (Å²) in [6, 6.07) is 3.47. The molecule has 16 heavy (non-hydrogen) atoms. The molecule has 0 spiro atoms. The molecule has 0 bridgehead atoms. The Morgan fingerprint density at radius 1 is 1.56 bits per heavy atom. The molecule has 5 heteroatoms. The molecule has 0 heterocycles. The van der Waals surface area contributed by atoms with Crippen LogP contribution in [-0.2, 0) is 4.79 Å². The molecule has 0 aliphatic heterocycles. The molecule has 0 radical (unpaired) electrons. The van der Waals surface area contributed by atoms with E-state index < -0.39 is 17.8 Å². The van der Waals surface area contributed by atoms with Gasteiger partial charge >= 0.3 is 5.97 Å². The Kier molecular flexibility index (Phi) is 4.16. The van der Waals surface area contributed by atoms with E-state index in [1.54, 1.807) is 0 Å². The van der Waals surface area contributed by atoms with Gasteiger partial charge in [0.15, 0.2) is 0 Å². The number of benzene rings is 1. The number of aliphatic carboxylic acids is 1. The van der Waals surface area contributed by atoms with Crippen molar-refractivity contribution in [1.82, 2.24) is 0 Å². The smallest absolute Gasteiger partial charge is 0.328 e. The van der Waals surface area contributed by atoms with Crippen LogP contribution in [0.2, 0.25) is 0 Å². The maximum atomic E-state index is 13.0. The molecular formula is C11H13FN2O2. The van der Waals surface area contributed by atoms with Crippen molar-refractivity contribution in [3.63, 3.8) is 0 Å². The van der Waals surface area contributed by atoms with Crippen LogP contribution in [0, 0.1) is 5.82 Å². The fourth-order valence-electron chi connectivity index (χ4n) is 1.31. The van der Waals surface area contributed by atoms with Crippen LogP contribution in [0.15, 0.2) is 24.3 Å². The summed E-state index contributed by atoms with van der Waals surface area (Å²) in [5, 5.41) is 8.50. The van der Waals surface area contributed by atoms with Crippen LogP contribution in [0.3, 0.4) is 0 Å². The third-order valence-corrected chi connectivity index (χ3v) is 2.11. The summed E-state index contributed by atoms with van der Waals surface area (Å²) in [5.74, 6) is -1.50. The molecule has 0 aromatic heterocycles. The van der Waals surface area contributed by atoms with E-state index in [1.807, 2.05) is 0 Å². The van der Waals surface area contributed by atoms with Crippen molar-refractivity contribution in [2.75, 3.05) is 6.54 Å². The van der Waals surface area contributed by atoms with Crippen molar-refractivity contribution in [2.45, 2.75) is 6.04 Å². The second-order valence-electron chi connectivity index (χ2n) is 3.29. The van der Waals surface area contributed by atoms with Gasteiger partial charge in [0, 0.05) is 18.7 Å². The molecule has 86 valence electrons. The largest absolute Gasteiger partial charge is 0.478 e. The van der Waals surface area contributed by atoms with Gasteiger partial charge in [-0.3, -0.25) is 0 Å². The minimum atomic E-state index is -1.07. The van der Waals surface area contributed by atoms with Crippen molar-refractivity contribution >= 4 is 12.0 Å². The van der Waals surface area contributed by atoms with Crippen LogP contribution < -0.4 is 11.5 Å². The first-order chi connectivity index (χ1) is 7.54. The number of carboxylic acids is 1. The molecule has 0 aliphatic carbocycles. The lowest BCUT2D eigenvalue weighted by atomic mass is 10.0. The Hall–Kier alpha value is -1.72. The van der Waals surface area contributed by atoms with E-state index in [9.17, 15) is 9.18 Å². The van der Waals surface area contributed by atoms with Gasteiger partial charge in [0.05, 0.1) is 0 Å². The highest BCUT2D eigenvalue weighted by molar-refractivity contribution is 5.85. The van der Waals surface area contributed by atoms with Crippen molar-refractivity contribution in [1.29, 1.82) is 0 Å². The highest BCUT2D eigenvalue weighted by atomic mass is 19.1. The van der Waals surface area contributed by atoms with Gasteiger partial charge in [-0.2, -0.15) is 0 Å². The first-order valence-corrected chi connectivity index (χ1v) is 4.70. The zero-order valence-corrected chi connectivity index (χ0v) is 8.56. The first kappa shape index (κ1) is 12.4. The zero-order chi connectivity index (χ0) is 12.1. The highest BCUT2D eigenvalue weighted by Crippen LogP contribution is 2.18. The second kappa shape index (κ2) is 5.39. The van der Waals surface area contributed by atoms with Crippen molar-refractivity contribution < 1.29 is 14.3 Å². The average molecular weight is 224 g/mol. The molecule has 4 nitrogen and oxygen atoms in total. The molecule has 0 amide bonds. The van der Waals surface area contributed by atoms with E-state index in [-0.39, 0.29) is 6.54 Å². The van der Waals surface area contributed by atoms with Gasteiger partial charge in [-0.25, -0.2) is 9.18 Å². The Morgan fingerprint density at radius 2 is 2.25 bits per heavy atom. The SMILES string of the molecule is NC[C@H](N)c1cc(F)ccc1/C=C/C(=O)O. The Balaban J connectivity index is 3.12. The molecule has 0 saturated heterocycles. The highest BCUT2D eigenvalue weighted by Gasteiger charge is 2.09. The summed E-state index contributed by atoms with van der Waals surface area (Å²) in [5.41, 5.74) is 12.1. The van der Waals surface area contributed by atoms with Crippen molar-refractivity contribution in [2.24, 2.45) is 11.5 Å². The Morgan fingerprint density at radius 3 is 2.81 bits per heavy atom. The minimum absolute atomic E-state index is 0.164. The van der Waals surface area contributed by atoms with Crippen LogP contribution >= 0.6 is 0 Å². The van der Waals surface area contributed by atoms with Crippen LogP contribution in [0.25, 0.3) is 6.08 Å². The summed E-state index contributed by atoms with van der Waals surface area (Å²) in [6.07, 6.45) is 2.34. The molecule has 1 aromatic carbocycles. The standard InChI is InChI=1S/C11H13FN2O2/c12-8-3-1-7(2-4-11(15)16)9(5-8)10(14)6-13/h1-5,10H,6,13-14H2,(H,15,16)/b4-2+/t10-/m0/s1. The summed E-state index contributed by atoms with van der Waals surface area (Å²) in [7, 11) is 0. The Labute approximate surface area is 92.4 Å². The van der Waals surface area contributed by atoms with Crippen LogP contribution in [0.4, 0.5) is 4.39 Å². The van der Waals surface area contributed by atoms with E-state index in [1.165, 1.54) is 24.3 Å². The summed E-state index contributed by atoms with van der Waals surface area (Å²) < 4.78 is 13.0. The van der Waals surface area contributed by atoms with Crippen molar-refractivity contribution in [3.8, 4) is 0 Å². The maximum Gasteiger partial charge on any atom is 0.328 e. The molecule has 0 aliphatic rings. The fourth-order valence-corrected chi connectivity index (χ4v) is 1.31. The van der Waals surface area contributed by atoms with Gasteiger partial charge < -0.3 is 16.6 Å². The van der Waals surface area contributed by atoms with E-state index in [4.69, 9.17) is 16.6 Å². The summed E-state index contributed by atoms with van der Waals surface area (Å²) >= 11 is 0. The van der Waals surface area contributed by atoms with Crippen molar-refractivity contribution in [3.05, 3.63) is 41.2 Å². The van der Waals surface area contributed by atoms with E-state index in [0.29, 0.717) is 11.1 Å². The molecule has 0 saturated carbocycles. The number of rotatable bonds is 4. The van der Waals surface area contributed by atoms with Crippen LogP contribution in [-0.4, -0.2) is 17.6 Å². The molecule has 0 unspecified atom stereocenters. The van der Waals surface area contributed by atoms with Gasteiger partial charge in [-0.1, -0.05) is 6.07 Å². The maximum absolute atomic E-state index is 13.0. The van der Waals surface area contributed by atoms with Gasteiger partial charge in [0.1, 0.15) is 5.82 Å². The number of hydrogen-bond donors (Lipinski definition) is 3. The third kappa shape index (κ3) is 3.15. The molecule has 1 aromatic rings. The molecule has 1 rings (SSSR count). The number of nitrogens with two attached hydrogens (primary N) is 2. The third-order valence-electron chi connectivity index (χ3n) is 2.11. The lowest BCUT2D eigenvalue weighted by Crippen LogP contribution is -2.21. The number of carboxylic acid groups (broad SMARTS) is 1. The van der Waals surface area contributed by atoms with Gasteiger partial charge in [-0.05, 0) is 29.3 Å². The average Bonchev–Trinajstić information content (AvgIpc) is 2.26. The molecule has 0 fully saturated rings. The monoisotopic (exact) mass is 224 g/mol. The molecule has 5 N–H and O–H groups in total. The Bertz CT molecular complexity index is 418. The second-order valence-corrected chi connectivity index (χ2v) is 3.29. The lowest BCUT2D eigenvalue weighted by Gasteiger charge is -2.12. The fraction of sp³-hybridized carbons (Fsp3) is 0.182. The predicted octanol–water partition coefficient (Wildman–Crippen LogP) is 0.882. The summed E-state index contributed by atoms with van der Waals surface area (Å²) in [6.45, 7) is 0.164. The van der Waals surface area contributed by atoms with Gasteiger partial charge in [0.25, 0.3) is 0 Å². The number of carbonyl (C=O) groups is 1. The minimum Gasteiger partial charge on any atom is -0.478 e. The van der Waals surface area contributed by atoms with Gasteiger partial charge in [-0.15, -0.1) is 0 Å².